The van der Waals surface area contributed by atoms with Crippen molar-refractivity contribution in [2.45, 2.75) is 32.7 Å². The molecule has 3 N–H and O–H groups in total. The Kier molecular flexibility index (Phi) is 5.09. The number of halogens is 1. The third-order valence-electron chi connectivity index (χ3n) is 2.90. The molecule has 0 aliphatic heterocycles. The van der Waals surface area contributed by atoms with Crippen LogP contribution in [-0.4, -0.2) is 18.6 Å². The van der Waals surface area contributed by atoms with Gasteiger partial charge in [0.2, 0.25) is 0 Å². The SMILES string of the molecule is CC(C)CNC(C)(CN)Cc1ccc(F)cc1. The summed E-state index contributed by atoms with van der Waals surface area (Å²) in [5, 5.41) is 3.49. The average Bonchev–Trinajstić information content (AvgIpc) is 2.30. The summed E-state index contributed by atoms with van der Waals surface area (Å²) < 4.78 is 12.8. The van der Waals surface area contributed by atoms with Gasteiger partial charge in [0.05, 0.1) is 0 Å². The van der Waals surface area contributed by atoms with E-state index in [0.717, 1.165) is 18.5 Å². The second-order valence-corrected chi connectivity index (χ2v) is 5.34. The van der Waals surface area contributed by atoms with Gasteiger partial charge >= 0.3 is 0 Å². The van der Waals surface area contributed by atoms with Crippen LogP contribution in [0.3, 0.4) is 0 Å². The van der Waals surface area contributed by atoms with E-state index in [1.54, 1.807) is 0 Å². The molecule has 2 nitrogen and oxygen atoms in total. The Morgan fingerprint density at radius 2 is 1.88 bits per heavy atom. The highest BCUT2D eigenvalue weighted by Gasteiger charge is 2.22. The molecule has 0 fully saturated rings. The highest BCUT2D eigenvalue weighted by atomic mass is 19.1. The first-order valence-electron chi connectivity index (χ1n) is 6.15. The zero-order chi connectivity index (χ0) is 12.9. The zero-order valence-electron chi connectivity index (χ0n) is 11.0. The van der Waals surface area contributed by atoms with Gasteiger partial charge < -0.3 is 11.1 Å². The Morgan fingerprint density at radius 1 is 1.29 bits per heavy atom. The van der Waals surface area contributed by atoms with Gasteiger partial charge in [0.15, 0.2) is 0 Å². The molecule has 0 aromatic heterocycles. The summed E-state index contributed by atoms with van der Waals surface area (Å²) in [4.78, 5) is 0. The number of rotatable bonds is 6. The Labute approximate surface area is 103 Å². The van der Waals surface area contributed by atoms with Crippen molar-refractivity contribution in [1.29, 1.82) is 0 Å². The Morgan fingerprint density at radius 3 is 2.35 bits per heavy atom. The second-order valence-electron chi connectivity index (χ2n) is 5.34. The maximum Gasteiger partial charge on any atom is 0.123 e. The van der Waals surface area contributed by atoms with Crippen molar-refractivity contribution >= 4 is 0 Å². The van der Waals surface area contributed by atoms with Crippen molar-refractivity contribution in [2.75, 3.05) is 13.1 Å². The predicted molar refractivity (Wildman–Crippen MR) is 70.4 cm³/mol. The molecule has 0 amide bonds. The van der Waals surface area contributed by atoms with Gasteiger partial charge in [-0.15, -0.1) is 0 Å². The van der Waals surface area contributed by atoms with E-state index >= 15 is 0 Å². The van der Waals surface area contributed by atoms with Gasteiger partial charge in [-0.2, -0.15) is 0 Å². The van der Waals surface area contributed by atoms with E-state index in [9.17, 15) is 4.39 Å². The molecule has 0 saturated carbocycles. The van der Waals surface area contributed by atoms with Crippen LogP contribution in [0.2, 0.25) is 0 Å². The molecular formula is C14H23FN2. The number of benzene rings is 1. The summed E-state index contributed by atoms with van der Waals surface area (Å²) in [5.41, 5.74) is 6.82. The van der Waals surface area contributed by atoms with Crippen molar-refractivity contribution in [3.63, 3.8) is 0 Å². The maximum absolute atomic E-state index is 12.8. The van der Waals surface area contributed by atoms with Crippen molar-refractivity contribution in [2.24, 2.45) is 11.7 Å². The van der Waals surface area contributed by atoms with Gasteiger partial charge in [-0.3, -0.25) is 0 Å². The fourth-order valence-corrected chi connectivity index (χ4v) is 1.71. The molecule has 0 aliphatic carbocycles. The minimum Gasteiger partial charge on any atom is -0.329 e. The molecule has 1 rings (SSSR count). The smallest absolute Gasteiger partial charge is 0.123 e. The van der Waals surface area contributed by atoms with Gasteiger partial charge in [0.25, 0.3) is 0 Å². The summed E-state index contributed by atoms with van der Waals surface area (Å²) in [5.74, 6) is 0.396. The largest absolute Gasteiger partial charge is 0.329 e. The lowest BCUT2D eigenvalue weighted by Gasteiger charge is -2.30. The molecule has 0 heterocycles. The lowest BCUT2D eigenvalue weighted by molar-refractivity contribution is 0.340. The fraction of sp³-hybridized carbons (Fsp3) is 0.571. The van der Waals surface area contributed by atoms with Crippen LogP contribution < -0.4 is 11.1 Å². The van der Waals surface area contributed by atoms with Gasteiger partial charge in [0, 0.05) is 12.1 Å². The highest BCUT2D eigenvalue weighted by molar-refractivity contribution is 5.18. The number of nitrogens with two attached hydrogens (primary N) is 1. The van der Waals surface area contributed by atoms with E-state index in [2.05, 4.69) is 26.1 Å². The van der Waals surface area contributed by atoms with Gasteiger partial charge in [0.1, 0.15) is 5.82 Å². The van der Waals surface area contributed by atoms with Gasteiger partial charge in [-0.25, -0.2) is 4.39 Å². The van der Waals surface area contributed by atoms with Crippen LogP contribution in [0.15, 0.2) is 24.3 Å². The van der Waals surface area contributed by atoms with Crippen molar-refractivity contribution in [3.05, 3.63) is 35.6 Å². The average molecular weight is 238 g/mol. The third-order valence-corrected chi connectivity index (χ3v) is 2.90. The molecule has 96 valence electrons. The molecular weight excluding hydrogens is 215 g/mol. The third kappa shape index (κ3) is 4.84. The van der Waals surface area contributed by atoms with Crippen molar-refractivity contribution in [1.82, 2.24) is 5.32 Å². The first kappa shape index (κ1) is 14.1. The minimum absolute atomic E-state index is 0.123. The van der Waals surface area contributed by atoms with Gasteiger partial charge in [-0.05, 0) is 43.5 Å². The molecule has 1 aromatic carbocycles. The number of hydrogen-bond donors (Lipinski definition) is 2. The maximum atomic E-state index is 12.8. The molecule has 0 saturated heterocycles. The zero-order valence-corrected chi connectivity index (χ0v) is 11.0. The van der Waals surface area contributed by atoms with Crippen LogP contribution in [-0.2, 0) is 6.42 Å². The molecule has 1 unspecified atom stereocenters. The Bertz CT molecular complexity index is 335. The number of hydrogen-bond acceptors (Lipinski definition) is 2. The first-order chi connectivity index (χ1) is 7.95. The van der Waals surface area contributed by atoms with E-state index in [1.165, 1.54) is 12.1 Å². The Hall–Kier alpha value is -0.930. The van der Waals surface area contributed by atoms with E-state index in [1.807, 2.05) is 12.1 Å². The molecule has 1 atom stereocenters. The topological polar surface area (TPSA) is 38.0 Å². The van der Waals surface area contributed by atoms with E-state index in [0.29, 0.717) is 12.5 Å². The quantitative estimate of drug-likeness (QED) is 0.798. The lowest BCUT2D eigenvalue weighted by Crippen LogP contribution is -2.51. The lowest BCUT2D eigenvalue weighted by atomic mass is 9.92. The van der Waals surface area contributed by atoms with E-state index in [4.69, 9.17) is 5.73 Å². The summed E-state index contributed by atoms with van der Waals surface area (Å²) in [6.07, 6.45) is 0.816. The van der Waals surface area contributed by atoms with Crippen LogP contribution in [0.1, 0.15) is 26.3 Å². The summed E-state index contributed by atoms with van der Waals surface area (Å²) >= 11 is 0. The van der Waals surface area contributed by atoms with Crippen LogP contribution in [0, 0.1) is 11.7 Å². The molecule has 1 aromatic rings. The molecule has 0 aliphatic rings. The minimum atomic E-state index is -0.196. The second kappa shape index (κ2) is 6.12. The normalized spacial score (nSPS) is 14.9. The predicted octanol–water partition coefficient (Wildman–Crippen LogP) is 2.33. The van der Waals surface area contributed by atoms with Crippen LogP contribution in [0.25, 0.3) is 0 Å². The van der Waals surface area contributed by atoms with Crippen LogP contribution >= 0.6 is 0 Å². The van der Waals surface area contributed by atoms with Gasteiger partial charge in [-0.1, -0.05) is 26.0 Å². The number of nitrogens with one attached hydrogen (secondary N) is 1. The first-order valence-corrected chi connectivity index (χ1v) is 6.15. The summed E-state index contributed by atoms with van der Waals surface area (Å²) in [6.45, 7) is 7.95. The van der Waals surface area contributed by atoms with Crippen LogP contribution in [0.4, 0.5) is 4.39 Å². The van der Waals surface area contributed by atoms with E-state index < -0.39 is 0 Å². The van der Waals surface area contributed by atoms with Crippen molar-refractivity contribution in [3.8, 4) is 0 Å². The standard InChI is InChI=1S/C14H23FN2/c1-11(2)9-17-14(3,10-16)8-12-4-6-13(15)7-5-12/h4-7,11,17H,8-10,16H2,1-3H3. The van der Waals surface area contributed by atoms with Crippen LogP contribution in [0.5, 0.6) is 0 Å². The van der Waals surface area contributed by atoms with E-state index in [-0.39, 0.29) is 11.4 Å². The summed E-state index contributed by atoms with van der Waals surface area (Å²) in [7, 11) is 0. The highest BCUT2D eigenvalue weighted by Crippen LogP contribution is 2.13. The Balaban J connectivity index is 2.64. The molecule has 17 heavy (non-hydrogen) atoms. The summed E-state index contributed by atoms with van der Waals surface area (Å²) in [6, 6.07) is 6.63. The molecule has 3 heteroatoms. The van der Waals surface area contributed by atoms with Crippen molar-refractivity contribution < 1.29 is 4.39 Å². The molecule has 0 spiro atoms. The molecule has 0 bridgehead atoms. The monoisotopic (exact) mass is 238 g/mol. The molecule has 0 radical (unpaired) electrons. The fourth-order valence-electron chi connectivity index (χ4n) is 1.71.